The smallest absolute Gasteiger partial charge is 0.226 e. The molecule has 0 unspecified atom stereocenters. The number of hydrogen-bond donors (Lipinski definition) is 2. The molecule has 0 aliphatic carbocycles. The van der Waals surface area contributed by atoms with E-state index in [4.69, 9.17) is 9.51 Å². The molecule has 0 radical (unpaired) electrons. The molecule has 0 saturated heterocycles. The maximum atomic E-state index is 12.4. The lowest BCUT2D eigenvalue weighted by Crippen LogP contribution is -2.10. The van der Waals surface area contributed by atoms with Gasteiger partial charge in [-0.15, -0.1) is 0 Å². The summed E-state index contributed by atoms with van der Waals surface area (Å²) in [6, 6.07) is 16.5. The topological polar surface area (TPSA) is 92.9 Å². The quantitative estimate of drug-likeness (QED) is 0.318. The van der Waals surface area contributed by atoms with Crippen LogP contribution >= 0.6 is 0 Å². The van der Waals surface area contributed by atoms with E-state index in [9.17, 15) is 4.79 Å². The molecule has 0 spiro atoms. The number of amides is 1. The first-order chi connectivity index (χ1) is 17.5. The van der Waals surface area contributed by atoms with Crippen molar-refractivity contribution >= 4 is 28.1 Å². The lowest BCUT2D eigenvalue weighted by molar-refractivity contribution is -0.115. The third-order valence-electron chi connectivity index (χ3n) is 6.65. The molecule has 3 aromatic heterocycles. The van der Waals surface area contributed by atoms with Gasteiger partial charge in [-0.05, 0) is 67.6 Å². The van der Waals surface area contributed by atoms with E-state index in [1.165, 1.54) is 0 Å². The highest BCUT2D eigenvalue weighted by molar-refractivity contribution is 6.06. The van der Waals surface area contributed by atoms with Crippen molar-refractivity contribution in [2.45, 2.75) is 27.2 Å². The Kier molecular flexibility index (Phi) is 5.25. The Morgan fingerprint density at radius 1 is 0.917 bits per heavy atom. The Balaban J connectivity index is 1.57. The van der Waals surface area contributed by atoms with Gasteiger partial charge in [-0.1, -0.05) is 23.4 Å². The number of nitrogens with one attached hydrogen (secondary N) is 2. The van der Waals surface area contributed by atoms with Crippen LogP contribution in [0.5, 0.6) is 0 Å². The summed E-state index contributed by atoms with van der Waals surface area (Å²) in [5, 5.41) is 12.8. The van der Waals surface area contributed by atoms with Crippen LogP contribution in [-0.2, 0) is 4.79 Å². The lowest BCUT2D eigenvalue weighted by Gasteiger charge is -2.18. The fourth-order valence-electron chi connectivity index (χ4n) is 4.88. The van der Waals surface area contributed by atoms with Gasteiger partial charge in [-0.2, -0.15) is 0 Å². The first kappa shape index (κ1) is 22.0. The zero-order valence-corrected chi connectivity index (χ0v) is 20.3. The molecule has 0 fully saturated rings. The number of aryl methyl sites for hydroxylation is 3. The van der Waals surface area contributed by atoms with Gasteiger partial charge in [0.05, 0.1) is 22.8 Å². The third kappa shape index (κ3) is 3.79. The summed E-state index contributed by atoms with van der Waals surface area (Å²) in [5.74, 6) is 0.723. The Morgan fingerprint density at radius 2 is 1.81 bits per heavy atom. The van der Waals surface area contributed by atoms with Crippen LogP contribution in [0.25, 0.3) is 44.3 Å². The van der Waals surface area contributed by atoms with E-state index in [-0.39, 0.29) is 5.91 Å². The number of carbonyl (C=O) groups is 1. The van der Waals surface area contributed by atoms with Crippen LogP contribution in [0.15, 0.2) is 65.4 Å². The Labute approximate surface area is 208 Å². The molecule has 0 saturated carbocycles. The standard InChI is InChI=1S/C29H25N5O2/c1-16-7-8-20(14-31-16)25-12-19-5-4-6-22(24(19)15-32-25)23-11-21(28-17(2)34-36-18(28)3)13-26-29(23)30-10-9-27(35)33-26/h4-8,11-15,30H,9-10H2,1-3H3,(H,33,35). The Bertz CT molecular complexity index is 1620. The van der Waals surface area contributed by atoms with Crippen molar-refractivity contribution in [3.63, 3.8) is 0 Å². The number of hydrogen-bond acceptors (Lipinski definition) is 6. The molecular formula is C29H25N5O2. The van der Waals surface area contributed by atoms with Gasteiger partial charge in [0.1, 0.15) is 5.76 Å². The fraction of sp³-hybridized carbons (Fsp3) is 0.172. The average Bonchev–Trinajstić information content (AvgIpc) is 3.09. The molecular weight excluding hydrogens is 450 g/mol. The summed E-state index contributed by atoms with van der Waals surface area (Å²) in [6.45, 7) is 6.36. The number of pyridine rings is 2. The number of rotatable bonds is 3. The molecule has 7 nitrogen and oxygen atoms in total. The predicted octanol–water partition coefficient (Wildman–Crippen LogP) is 6.30. The molecule has 36 heavy (non-hydrogen) atoms. The van der Waals surface area contributed by atoms with Crippen LogP contribution < -0.4 is 10.6 Å². The average molecular weight is 476 g/mol. The largest absolute Gasteiger partial charge is 0.382 e. The number of anilines is 2. The zero-order chi connectivity index (χ0) is 24.8. The minimum atomic E-state index is -0.0148. The van der Waals surface area contributed by atoms with Gasteiger partial charge >= 0.3 is 0 Å². The molecule has 0 bridgehead atoms. The third-order valence-corrected chi connectivity index (χ3v) is 6.65. The molecule has 2 aromatic carbocycles. The van der Waals surface area contributed by atoms with E-state index in [1.54, 1.807) is 0 Å². The molecule has 1 amide bonds. The summed E-state index contributed by atoms with van der Waals surface area (Å²) in [4.78, 5) is 21.6. The second-order valence-electron chi connectivity index (χ2n) is 9.15. The van der Waals surface area contributed by atoms with Crippen molar-refractivity contribution in [1.29, 1.82) is 0 Å². The molecule has 0 atom stereocenters. The van der Waals surface area contributed by atoms with Gasteiger partial charge < -0.3 is 15.2 Å². The molecule has 178 valence electrons. The molecule has 2 N–H and O–H groups in total. The van der Waals surface area contributed by atoms with Crippen molar-refractivity contribution < 1.29 is 9.32 Å². The van der Waals surface area contributed by atoms with Crippen LogP contribution in [0.3, 0.4) is 0 Å². The van der Waals surface area contributed by atoms with Crippen molar-refractivity contribution in [1.82, 2.24) is 15.1 Å². The van der Waals surface area contributed by atoms with Gasteiger partial charge in [0.25, 0.3) is 0 Å². The zero-order valence-electron chi connectivity index (χ0n) is 20.3. The van der Waals surface area contributed by atoms with Gasteiger partial charge in [-0.25, -0.2) is 0 Å². The number of aromatic nitrogens is 3. The van der Waals surface area contributed by atoms with Gasteiger partial charge in [0.15, 0.2) is 0 Å². The molecule has 1 aliphatic rings. The highest BCUT2D eigenvalue weighted by Gasteiger charge is 2.22. The van der Waals surface area contributed by atoms with Crippen LogP contribution in [0.2, 0.25) is 0 Å². The summed E-state index contributed by atoms with van der Waals surface area (Å²) in [6.07, 6.45) is 4.18. The van der Waals surface area contributed by atoms with Crippen LogP contribution in [0, 0.1) is 20.8 Å². The Morgan fingerprint density at radius 3 is 2.58 bits per heavy atom. The lowest BCUT2D eigenvalue weighted by atomic mass is 9.92. The van der Waals surface area contributed by atoms with Crippen LogP contribution in [-0.4, -0.2) is 27.6 Å². The predicted molar refractivity (Wildman–Crippen MR) is 142 cm³/mol. The summed E-state index contributed by atoms with van der Waals surface area (Å²) >= 11 is 0. The first-order valence-corrected chi connectivity index (χ1v) is 11.9. The van der Waals surface area contributed by atoms with E-state index < -0.39 is 0 Å². The van der Waals surface area contributed by atoms with E-state index in [1.807, 2.05) is 51.4 Å². The minimum Gasteiger partial charge on any atom is -0.382 e. The number of fused-ring (bicyclic) bond motifs is 2. The number of nitrogens with zero attached hydrogens (tertiary/aromatic N) is 3. The highest BCUT2D eigenvalue weighted by atomic mass is 16.5. The van der Waals surface area contributed by atoms with Crippen molar-refractivity contribution in [3.05, 3.63) is 78.1 Å². The maximum absolute atomic E-state index is 12.4. The summed E-state index contributed by atoms with van der Waals surface area (Å²) in [7, 11) is 0. The summed E-state index contributed by atoms with van der Waals surface area (Å²) in [5.41, 5.74) is 9.17. The second-order valence-corrected chi connectivity index (χ2v) is 9.15. The first-order valence-electron chi connectivity index (χ1n) is 11.9. The van der Waals surface area contributed by atoms with E-state index in [0.717, 1.165) is 72.8 Å². The number of benzene rings is 2. The SMILES string of the molecule is Cc1ccc(-c2cc3cccc(-c4cc(-c5c(C)noc5C)cc5c4NCCC(=O)N5)c3cn2)cn1. The van der Waals surface area contributed by atoms with Gasteiger partial charge in [-0.3, -0.25) is 14.8 Å². The van der Waals surface area contributed by atoms with E-state index in [0.29, 0.717) is 13.0 Å². The molecule has 4 heterocycles. The highest BCUT2D eigenvalue weighted by Crippen LogP contribution is 2.43. The molecule has 7 heteroatoms. The van der Waals surface area contributed by atoms with Gasteiger partial charge in [0.2, 0.25) is 5.91 Å². The van der Waals surface area contributed by atoms with Crippen LogP contribution in [0.1, 0.15) is 23.6 Å². The minimum absolute atomic E-state index is 0.0148. The van der Waals surface area contributed by atoms with E-state index in [2.05, 4.69) is 51.1 Å². The van der Waals surface area contributed by atoms with Crippen molar-refractivity contribution in [2.75, 3.05) is 17.2 Å². The van der Waals surface area contributed by atoms with E-state index >= 15 is 0 Å². The maximum Gasteiger partial charge on any atom is 0.226 e. The second kappa shape index (κ2) is 8.61. The molecule has 5 aromatic rings. The normalized spacial score (nSPS) is 13.1. The molecule has 6 rings (SSSR count). The number of carbonyl (C=O) groups excluding carboxylic acids is 1. The van der Waals surface area contributed by atoms with Crippen LogP contribution in [0.4, 0.5) is 11.4 Å². The van der Waals surface area contributed by atoms with Crippen molar-refractivity contribution in [3.8, 4) is 33.5 Å². The summed E-state index contributed by atoms with van der Waals surface area (Å²) < 4.78 is 5.45. The monoisotopic (exact) mass is 475 g/mol. The molecule has 1 aliphatic heterocycles. The fourth-order valence-corrected chi connectivity index (χ4v) is 4.88. The van der Waals surface area contributed by atoms with Crippen molar-refractivity contribution in [2.24, 2.45) is 0 Å². The Hall–Kier alpha value is -4.52. The van der Waals surface area contributed by atoms with Gasteiger partial charge in [0, 0.05) is 53.1 Å².